The van der Waals surface area contributed by atoms with Crippen LogP contribution in [0, 0.1) is 0 Å². The van der Waals surface area contributed by atoms with Gasteiger partial charge in [-0.25, -0.2) is 0 Å². The maximum absolute atomic E-state index is 3.53. The zero-order chi connectivity index (χ0) is 16.9. The first kappa shape index (κ1) is 15.7. The second-order valence-electron chi connectivity index (χ2n) is 6.67. The Morgan fingerprint density at radius 1 is 0.720 bits per heavy atom. The van der Waals surface area contributed by atoms with Crippen LogP contribution in [0.1, 0.15) is 35.8 Å². The van der Waals surface area contributed by atoms with E-state index >= 15 is 0 Å². The molecule has 2 unspecified atom stereocenters. The molecule has 0 heterocycles. The lowest BCUT2D eigenvalue weighted by Gasteiger charge is -2.18. The highest BCUT2D eigenvalue weighted by Crippen LogP contribution is 2.28. The molecule has 2 aliphatic rings. The van der Waals surface area contributed by atoms with Gasteiger partial charge in [0.25, 0.3) is 0 Å². The van der Waals surface area contributed by atoms with Crippen molar-refractivity contribution in [1.29, 1.82) is 0 Å². The van der Waals surface area contributed by atoms with E-state index in [2.05, 4.69) is 102 Å². The normalized spacial score (nSPS) is 21.8. The van der Waals surface area contributed by atoms with Gasteiger partial charge in [-0.2, -0.15) is 0 Å². The molecule has 0 amide bonds. The summed E-state index contributed by atoms with van der Waals surface area (Å²) in [6, 6.07) is 19.5. The van der Waals surface area contributed by atoms with Crippen molar-refractivity contribution in [3.8, 4) is 0 Å². The van der Waals surface area contributed by atoms with Crippen LogP contribution in [-0.4, -0.2) is 0 Å². The Hall–Kier alpha value is -2.80. The molecule has 25 heavy (non-hydrogen) atoms. The Kier molecular flexibility index (Phi) is 4.65. The van der Waals surface area contributed by atoms with Gasteiger partial charge in [-0.05, 0) is 42.2 Å². The molecular formula is C24H23N. The van der Waals surface area contributed by atoms with E-state index in [0.29, 0.717) is 11.8 Å². The lowest BCUT2D eigenvalue weighted by atomic mass is 9.91. The smallest absolute Gasteiger partial charge is 0.0384 e. The summed E-state index contributed by atoms with van der Waals surface area (Å²) in [5, 5.41) is 3.53. The third kappa shape index (κ3) is 3.83. The highest BCUT2D eigenvalue weighted by Gasteiger charge is 2.11. The fraction of sp³-hybridized carbons (Fsp3) is 0.167. The van der Waals surface area contributed by atoms with Gasteiger partial charge in [0.15, 0.2) is 0 Å². The molecule has 1 heteroatoms. The van der Waals surface area contributed by atoms with Gasteiger partial charge in [-0.1, -0.05) is 78.9 Å². The zero-order valence-electron chi connectivity index (χ0n) is 14.3. The molecule has 2 aromatic rings. The number of benzene rings is 2. The van der Waals surface area contributed by atoms with Crippen LogP contribution in [0.15, 0.2) is 103 Å². The van der Waals surface area contributed by atoms with Gasteiger partial charge in [-0.3, -0.25) is 0 Å². The maximum atomic E-state index is 3.53. The molecule has 0 saturated heterocycles. The second-order valence-corrected chi connectivity index (χ2v) is 6.67. The molecule has 0 saturated carbocycles. The molecule has 1 N–H and O–H groups in total. The zero-order valence-corrected chi connectivity index (χ0v) is 14.3. The average Bonchev–Trinajstić information content (AvgIpc) is 2.71. The maximum Gasteiger partial charge on any atom is 0.0384 e. The number of nitrogens with one attached hydrogen (secondary N) is 1. The largest absolute Gasteiger partial charge is 0.356 e. The molecule has 2 aliphatic carbocycles. The van der Waals surface area contributed by atoms with Crippen LogP contribution in [0.3, 0.4) is 0 Å². The first-order chi connectivity index (χ1) is 12.4. The van der Waals surface area contributed by atoms with E-state index in [4.69, 9.17) is 0 Å². The van der Waals surface area contributed by atoms with Crippen LogP contribution >= 0.6 is 0 Å². The number of hydrogen-bond acceptors (Lipinski definition) is 1. The summed E-state index contributed by atoms with van der Waals surface area (Å²) in [5.41, 5.74) is 5.09. The number of hydrogen-bond donors (Lipinski definition) is 1. The third-order valence-corrected chi connectivity index (χ3v) is 4.94. The van der Waals surface area contributed by atoms with Crippen molar-refractivity contribution in [2.45, 2.75) is 24.7 Å². The van der Waals surface area contributed by atoms with Gasteiger partial charge in [0, 0.05) is 23.2 Å². The van der Waals surface area contributed by atoms with Crippen LogP contribution in [0.2, 0.25) is 0 Å². The predicted octanol–water partition coefficient (Wildman–Crippen LogP) is 6.33. The molecule has 2 atom stereocenters. The van der Waals surface area contributed by atoms with E-state index in [0.717, 1.165) is 18.5 Å². The standard InChI is InChI=1S/C24H23N/c1-3-7-19(8-4-1)21-11-15-23(16-12-21)25-24-17-13-22(14-18-24)20-9-5-2-6-10-20/h1-9,11,13-18,20-21,25H,10,12H2. The molecular weight excluding hydrogens is 302 g/mol. The summed E-state index contributed by atoms with van der Waals surface area (Å²) in [6.07, 6.45) is 17.7. The highest BCUT2D eigenvalue weighted by molar-refractivity contribution is 5.53. The van der Waals surface area contributed by atoms with Gasteiger partial charge in [0.05, 0.1) is 0 Å². The van der Waals surface area contributed by atoms with Crippen LogP contribution in [0.25, 0.3) is 0 Å². The van der Waals surface area contributed by atoms with Gasteiger partial charge < -0.3 is 5.32 Å². The Morgan fingerprint density at radius 2 is 1.48 bits per heavy atom. The minimum atomic E-state index is 0.486. The Morgan fingerprint density at radius 3 is 2.16 bits per heavy atom. The Bertz CT molecular complexity index is 822. The molecule has 0 radical (unpaired) electrons. The fourth-order valence-corrected chi connectivity index (χ4v) is 3.47. The fourth-order valence-electron chi connectivity index (χ4n) is 3.47. The summed E-state index contributed by atoms with van der Waals surface area (Å²) in [6.45, 7) is 0. The van der Waals surface area contributed by atoms with Crippen LogP contribution in [0.4, 0.5) is 5.69 Å². The van der Waals surface area contributed by atoms with Crippen LogP contribution < -0.4 is 5.32 Å². The number of rotatable bonds is 4. The van der Waals surface area contributed by atoms with Crippen LogP contribution in [-0.2, 0) is 0 Å². The molecule has 4 rings (SSSR count). The van der Waals surface area contributed by atoms with Crippen molar-refractivity contribution in [2.75, 3.05) is 5.32 Å². The van der Waals surface area contributed by atoms with Crippen molar-refractivity contribution in [1.82, 2.24) is 0 Å². The quantitative estimate of drug-likeness (QED) is 0.693. The summed E-state index contributed by atoms with van der Waals surface area (Å²) in [4.78, 5) is 0. The van der Waals surface area contributed by atoms with Crippen molar-refractivity contribution in [3.05, 3.63) is 114 Å². The number of anilines is 1. The molecule has 0 aliphatic heterocycles. The van der Waals surface area contributed by atoms with Gasteiger partial charge >= 0.3 is 0 Å². The molecule has 0 aromatic heterocycles. The van der Waals surface area contributed by atoms with Crippen molar-refractivity contribution < 1.29 is 0 Å². The van der Waals surface area contributed by atoms with E-state index in [9.17, 15) is 0 Å². The molecule has 0 fully saturated rings. The topological polar surface area (TPSA) is 12.0 Å². The lowest BCUT2D eigenvalue weighted by Crippen LogP contribution is -2.04. The Balaban J connectivity index is 1.38. The predicted molar refractivity (Wildman–Crippen MR) is 107 cm³/mol. The van der Waals surface area contributed by atoms with E-state index in [1.807, 2.05) is 0 Å². The van der Waals surface area contributed by atoms with Gasteiger partial charge in [0.2, 0.25) is 0 Å². The van der Waals surface area contributed by atoms with E-state index in [1.165, 1.54) is 16.8 Å². The lowest BCUT2D eigenvalue weighted by molar-refractivity contribution is 0.845. The van der Waals surface area contributed by atoms with E-state index in [-0.39, 0.29) is 0 Å². The van der Waals surface area contributed by atoms with E-state index in [1.54, 1.807) is 0 Å². The average molecular weight is 325 g/mol. The molecule has 2 aromatic carbocycles. The van der Waals surface area contributed by atoms with Crippen molar-refractivity contribution in [2.24, 2.45) is 0 Å². The first-order valence-corrected chi connectivity index (χ1v) is 9.02. The minimum absolute atomic E-state index is 0.486. The first-order valence-electron chi connectivity index (χ1n) is 9.02. The van der Waals surface area contributed by atoms with Gasteiger partial charge in [-0.15, -0.1) is 0 Å². The van der Waals surface area contributed by atoms with Crippen molar-refractivity contribution >= 4 is 5.69 Å². The molecule has 1 nitrogen and oxygen atoms in total. The van der Waals surface area contributed by atoms with Crippen LogP contribution in [0.5, 0.6) is 0 Å². The second kappa shape index (κ2) is 7.40. The minimum Gasteiger partial charge on any atom is -0.356 e. The summed E-state index contributed by atoms with van der Waals surface area (Å²) >= 11 is 0. The third-order valence-electron chi connectivity index (χ3n) is 4.94. The van der Waals surface area contributed by atoms with Gasteiger partial charge in [0.1, 0.15) is 0 Å². The molecule has 0 bridgehead atoms. The Labute approximate surface area is 150 Å². The SMILES string of the molecule is C1=CCC(c2ccc(NC3=CCC(c4ccccc4)C=C3)cc2)C=C1. The molecule has 0 spiro atoms. The monoisotopic (exact) mass is 325 g/mol. The summed E-state index contributed by atoms with van der Waals surface area (Å²) in [5.74, 6) is 1.000. The highest BCUT2D eigenvalue weighted by atomic mass is 14.9. The molecule has 124 valence electrons. The van der Waals surface area contributed by atoms with Crippen molar-refractivity contribution in [3.63, 3.8) is 0 Å². The van der Waals surface area contributed by atoms with E-state index < -0.39 is 0 Å². The summed E-state index contributed by atoms with van der Waals surface area (Å²) < 4.78 is 0. The number of allylic oxidation sites excluding steroid dienone is 7. The summed E-state index contributed by atoms with van der Waals surface area (Å²) in [7, 11) is 0.